The van der Waals surface area contributed by atoms with Gasteiger partial charge >= 0.3 is 0 Å². The summed E-state index contributed by atoms with van der Waals surface area (Å²) >= 11 is 0. The Morgan fingerprint density at radius 1 is 0.923 bits per heavy atom. The molecule has 0 fully saturated rings. The van der Waals surface area contributed by atoms with E-state index >= 15 is 0 Å². The van der Waals surface area contributed by atoms with Crippen molar-refractivity contribution >= 4 is 0 Å². The van der Waals surface area contributed by atoms with Gasteiger partial charge in [-0.25, -0.2) is 0 Å². The minimum Gasteiger partial charge on any atom is -0.521 e. The first-order valence-electron chi connectivity index (χ1n) is 3.41. The van der Waals surface area contributed by atoms with Crippen LogP contribution in [0.3, 0.4) is 0 Å². The van der Waals surface area contributed by atoms with Crippen molar-refractivity contribution in [1.29, 1.82) is 0 Å². The molecule has 0 rings (SSSR count). The van der Waals surface area contributed by atoms with Gasteiger partial charge in [-0.05, 0) is 19.9 Å². The van der Waals surface area contributed by atoms with Gasteiger partial charge in [-0.3, -0.25) is 6.58 Å². The van der Waals surface area contributed by atoms with Crippen molar-refractivity contribution in [3.05, 3.63) is 50.0 Å². The van der Waals surface area contributed by atoms with Gasteiger partial charge in [0.15, 0.2) is 0 Å². The van der Waals surface area contributed by atoms with Crippen molar-refractivity contribution < 1.29 is 31.3 Å². The van der Waals surface area contributed by atoms with Crippen LogP contribution in [0.2, 0.25) is 0 Å². The van der Waals surface area contributed by atoms with Crippen LogP contribution in [0, 0.1) is 6.58 Å². The summed E-state index contributed by atoms with van der Waals surface area (Å²) in [4.78, 5) is 0. The Morgan fingerprint density at radius 2 is 1.31 bits per heavy atom. The molecule has 0 aromatic heterocycles. The second-order valence-corrected chi connectivity index (χ2v) is 1.35. The molecule has 0 aliphatic carbocycles. The molecular weight excluding hydrogens is 336 g/mol. The average Bonchev–Trinajstić information content (AvgIpc) is 2.18. The molecule has 0 saturated carbocycles. The molecule has 0 spiro atoms. The van der Waals surface area contributed by atoms with Crippen molar-refractivity contribution in [2.75, 3.05) is 0 Å². The Balaban J connectivity index is -0.0000000512. The molecule has 0 amide bonds. The normalized spacial score (nSPS) is 8.46. The quantitative estimate of drug-likeness (QED) is 0.431. The molecule has 76 valence electrons. The molecule has 2 N–H and O–H groups in total. The summed E-state index contributed by atoms with van der Waals surface area (Å²) in [5, 5.41) is 15.7. The molecule has 0 aromatic carbocycles. The topological polar surface area (TPSA) is 40.5 Å². The number of hydrogen-bond donors (Lipinski definition) is 2. The third kappa shape index (κ3) is 91.2. The molecule has 0 radical (unpaired) electrons. The molecule has 0 unspecified atom stereocenters. The molecule has 0 atom stereocenters. The first-order valence-corrected chi connectivity index (χ1v) is 3.41. The van der Waals surface area contributed by atoms with E-state index in [1.165, 1.54) is 0 Å². The van der Waals surface area contributed by atoms with Gasteiger partial charge in [-0.2, -0.15) is 0 Å². The van der Waals surface area contributed by atoms with Crippen LogP contribution in [0.25, 0.3) is 0 Å². The van der Waals surface area contributed by atoms with Crippen LogP contribution in [-0.4, -0.2) is 10.2 Å². The third-order valence-electron chi connectivity index (χ3n) is 0.539. The second-order valence-electron chi connectivity index (χ2n) is 1.35. The molecule has 0 aliphatic rings. The number of hydrogen-bond acceptors (Lipinski definition) is 2. The maximum Gasteiger partial charge on any atom is 0.0791 e. The zero-order chi connectivity index (χ0) is 10.2. The molecule has 13 heavy (non-hydrogen) atoms. The molecule has 2 nitrogen and oxygen atoms in total. The van der Waals surface area contributed by atoms with E-state index in [0.717, 1.165) is 12.5 Å². The first kappa shape index (κ1) is 22.8. The van der Waals surface area contributed by atoms with Crippen LogP contribution in [0.1, 0.15) is 13.8 Å². The SMILES string of the molecule is C/C=C/C=C\O.C/C=C\O.[CH-]=C.[W]. The van der Waals surface area contributed by atoms with Crippen LogP contribution in [0.15, 0.2) is 43.4 Å². The fourth-order valence-corrected chi connectivity index (χ4v) is 0.161. The Kier molecular flexibility index (Phi) is 75.2. The second kappa shape index (κ2) is 42.9. The predicted molar refractivity (Wildman–Crippen MR) is 54.0 cm³/mol. The molecule has 0 aliphatic heterocycles. The zero-order valence-electron chi connectivity index (χ0n) is 8.05. The van der Waals surface area contributed by atoms with E-state index in [1.807, 2.05) is 13.0 Å². The van der Waals surface area contributed by atoms with Gasteiger partial charge in [0.05, 0.1) is 12.5 Å². The minimum atomic E-state index is 0. The van der Waals surface area contributed by atoms with E-state index < -0.39 is 0 Å². The van der Waals surface area contributed by atoms with Gasteiger partial charge in [0, 0.05) is 21.1 Å². The number of aliphatic hydroxyl groups excluding tert-OH is 2. The summed E-state index contributed by atoms with van der Waals surface area (Å²) in [5.74, 6) is 0. The van der Waals surface area contributed by atoms with E-state index in [1.54, 1.807) is 25.2 Å². The third-order valence-corrected chi connectivity index (χ3v) is 0.539. The minimum absolute atomic E-state index is 0. The van der Waals surface area contributed by atoms with E-state index in [9.17, 15) is 0 Å². The van der Waals surface area contributed by atoms with Crippen LogP contribution in [-0.2, 0) is 21.1 Å². The first-order chi connectivity index (χ1) is 5.83. The predicted octanol–water partition coefficient (Wildman–Crippen LogP) is 3.32. The Morgan fingerprint density at radius 3 is 1.38 bits per heavy atom. The summed E-state index contributed by atoms with van der Waals surface area (Å²) in [6, 6.07) is 0. The number of allylic oxidation sites excluding steroid dienone is 4. The summed E-state index contributed by atoms with van der Waals surface area (Å²) < 4.78 is 0. The largest absolute Gasteiger partial charge is 0.521 e. The van der Waals surface area contributed by atoms with Gasteiger partial charge in [-0.1, -0.05) is 18.2 Å². The van der Waals surface area contributed by atoms with E-state index in [0.29, 0.717) is 0 Å². The Hall–Kier alpha value is -0.752. The van der Waals surface area contributed by atoms with Crippen molar-refractivity contribution in [2.45, 2.75) is 13.8 Å². The fourth-order valence-electron chi connectivity index (χ4n) is 0.161. The van der Waals surface area contributed by atoms with Gasteiger partial charge in [0.1, 0.15) is 0 Å². The van der Waals surface area contributed by atoms with Gasteiger partial charge < -0.3 is 16.8 Å². The standard InChI is InChI=1S/C5H8O.C3H6O.C2H3.W/c1-2-3-4-5-6;1-2-3-4;1-2;/h2-6H,1H3;2-4H,1H3;1H,2H2;/q;;-1;/b3-2+,5-4-;3-2-;;. The van der Waals surface area contributed by atoms with Crippen LogP contribution in [0.4, 0.5) is 0 Å². The number of aliphatic hydroxyl groups is 2. The summed E-state index contributed by atoms with van der Waals surface area (Å²) in [6.45, 7) is 10.6. The van der Waals surface area contributed by atoms with Crippen LogP contribution < -0.4 is 0 Å². The molecule has 0 aromatic rings. The fraction of sp³-hybridized carbons (Fsp3) is 0.200. The monoisotopic (exact) mass is 353 g/mol. The maximum atomic E-state index is 7.97. The van der Waals surface area contributed by atoms with Crippen molar-refractivity contribution in [3.63, 3.8) is 0 Å². The van der Waals surface area contributed by atoms with Gasteiger partial charge in [0.25, 0.3) is 0 Å². The Bertz CT molecular complexity index is 115. The summed E-state index contributed by atoms with van der Waals surface area (Å²) in [5.41, 5.74) is 0. The smallest absolute Gasteiger partial charge is 0.0791 e. The summed E-state index contributed by atoms with van der Waals surface area (Å²) in [7, 11) is 0. The molecular formula is C10H17O2W-. The van der Waals surface area contributed by atoms with Gasteiger partial charge in [0.2, 0.25) is 0 Å². The van der Waals surface area contributed by atoms with E-state index in [2.05, 4.69) is 13.2 Å². The number of rotatable bonds is 1. The average molecular weight is 353 g/mol. The maximum absolute atomic E-state index is 7.97. The summed E-state index contributed by atoms with van der Waals surface area (Å²) in [6.07, 6.45) is 8.70. The molecule has 3 heteroatoms. The van der Waals surface area contributed by atoms with E-state index in [-0.39, 0.29) is 21.1 Å². The van der Waals surface area contributed by atoms with Gasteiger partial charge in [-0.15, -0.1) is 0 Å². The molecule has 0 saturated heterocycles. The van der Waals surface area contributed by atoms with Crippen LogP contribution in [0.5, 0.6) is 0 Å². The Labute approximate surface area is 95.3 Å². The van der Waals surface area contributed by atoms with Crippen LogP contribution >= 0.6 is 0 Å². The molecule has 0 bridgehead atoms. The zero-order valence-corrected chi connectivity index (χ0v) is 11.0. The van der Waals surface area contributed by atoms with Crippen molar-refractivity contribution in [2.24, 2.45) is 0 Å². The van der Waals surface area contributed by atoms with E-state index in [4.69, 9.17) is 10.2 Å². The van der Waals surface area contributed by atoms with Crippen molar-refractivity contribution in [3.8, 4) is 0 Å². The van der Waals surface area contributed by atoms with Crippen molar-refractivity contribution in [1.82, 2.24) is 0 Å². The molecule has 0 heterocycles.